The van der Waals surface area contributed by atoms with Crippen LogP contribution in [-0.2, 0) is 0 Å². The Hall–Kier alpha value is -3.93. The SMILES string of the molecule is CCOc1cccc(C(=O)Nc2ccccc2-c2nc(-c3ccc(C)cc3)no2)c1. The summed E-state index contributed by atoms with van der Waals surface area (Å²) in [5, 5.41) is 7.02. The molecule has 30 heavy (non-hydrogen) atoms. The van der Waals surface area contributed by atoms with E-state index in [0.717, 1.165) is 11.1 Å². The molecule has 0 aliphatic rings. The van der Waals surface area contributed by atoms with Crippen LogP contribution in [0.5, 0.6) is 5.75 Å². The molecule has 0 aliphatic heterocycles. The Morgan fingerprint density at radius 2 is 1.83 bits per heavy atom. The number of para-hydroxylation sites is 1. The van der Waals surface area contributed by atoms with Crippen molar-refractivity contribution in [3.8, 4) is 28.6 Å². The van der Waals surface area contributed by atoms with E-state index in [-0.39, 0.29) is 5.91 Å². The molecule has 3 aromatic carbocycles. The molecule has 150 valence electrons. The van der Waals surface area contributed by atoms with E-state index < -0.39 is 0 Å². The number of rotatable bonds is 6. The number of ether oxygens (including phenoxy) is 1. The molecule has 0 atom stereocenters. The van der Waals surface area contributed by atoms with Gasteiger partial charge < -0.3 is 14.6 Å². The van der Waals surface area contributed by atoms with Gasteiger partial charge in [0.2, 0.25) is 5.82 Å². The fourth-order valence-electron chi connectivity index (χ4n) is 3.02. The van der Waals surface area contributed by atoms with Gasteiger partial charge in [-0.05, 0) is 44.2 Å². The van der Waals surface area contributed by atoms with Crippen LogP contribution in [0.15, 0.2) is 77.3 Å². The van der Waals surface area contributed by atoms with Gasteiger partial charge in [-0.2, -0.15) is 4.98 Å². The third-order valence-corrected chi connectivity index (χ3v) is 4.55. The maximum atomic E-state index is 12.8. The monoisotopic (exact) mass is 399 g/mol. The Balaban J connectivity index is 1.60. The van der Waals surface area contributed by atoms with Gasteiger partial charge in [-0.15, -0.1) is 0 Å². The van der Waals surface area contributed by atoms with Crippen molar-refractivity contribution in [1.29, 1.82) is 0 Å². The third-order valence-electron chi connectivity index (χ3n) is 4.55. The van der Waals surface area contributed by atoms with Crippen molar-refractivity contribution in [2.45, 2.75) is 13.8 Å². The minimum atomic E-state index is -0.248. The van der Waals surface area contributed by atoms with Gasteiger partial charge in [0.15, 0.2) is 0 Å². The quantitative estimate of drug-likeness (QED) is 0.472. The Labute approximate surface area is 174 Å². The second-order valence-corrected chi connectivity index (χ2v) is 6.75. The molecule has 0 unspecified atom stereocenters. The Kier molecular flexibility index (Phi) is 5.57. The predicted octanol–water partition coefficient (Wildman–Crippen LogP) is 5.36. The summed E-state index contributed by atoms with van der Waals surface area (Å²) in [6.07, 6.45) is 0. The number of nitrogens with zero attached hydrogens (tertiary/aromatic N) is 2. The van der Waals surface area contributed by atoms with Gasteiger partial charge >= 0.3 is 0 Å². The second kappa shape index (κ2) is 8.61. The Morgan fingerprint density at radius 1 is 1.03 bits per heavy atom. The summed E-state index contributed by atoms with van der Waals surface area (Å²) in [7, 11) is 0. The highest BCUT2D eigenvalue weighted by Crippen LogP contribution is 2.29. The first-order valence-electron chi connectivity index (χ1n) is 9.68. The zero-order chi connectivity index (χ0) is 20.9. The number of benzene rings is 3. The zero-order valence-corrected chi connectivity index (χ0v) is 16.8. The van der Waals surface area contributed by atoms with Crippen LogP contribution in [0.4, 0.5) is 5.69 Å². The summed E-state index contributed by atoms with van der Waals surface area (Å²) in [5.74, 6) is 1.24. The van der Waals surface area contributed by atoms with Crippen LogP contribution < -0.4 is 10.1 Å². The summed E-state index contributed by atoms with van der Waals surface area (Å²) in [6.45, 7) is 4.46. The van der Waals surface area contributed by atoms with Crippen molar-refractivity contribution < 1.29 is 14.1 Å². The normalized spacial score (nSPS) is 10.6. The van der Waals surface area contributed by atoms with Gasteiger partial charge in [-0.25, -0.2) is 0 Å². The molecule has 0 bridgehead atoms. The average Bonchev–Trinajstić information content (AvgIpc) is 3.25. The van der Waals surface area contributed by atoms with E-state index in [4.69, 9.17) is 9.26 Å². The molecule has 0 saturated carbocycles. The average molecular weight is 399 g/mol. The van der Waals surface area contributed by atoms with Crippen LogP contribution in [0, 0.1) is 6.92 Å². The third kappa shape index (κ3) is 4.22. The molecule has 6 nitrogen and oxygen atoms in total. The maximum Gasteiger partial charge on any atom is 0.260 e. The fraction of sp³-hybridized carbons (Fsp3) is 0.125. The molecule has 1 N–H and O–H groups in total. The molecule has 0 aliphatic carbocycles. The van der Waals surface area contributed by atoms with Gasteiger partial charge in [-0.1, -0.05) is 53.2 Å². The molecule has 0 fully saturated rings. The van der Waals surface area contributed by atoms with Crippen LogP contribution in [-0.4, -0.2) is 22.7 Å². The number of hydrogen-bond acceptors (Lipinski definition) is 5. The lowest BCUT2D eigenvalue weighted by atomic mass is 10.1. The zero-order valence-electron chi connectivity index (χ0n) is 16.8. The largest absolute Gasteiger partial charge is 0.494 e. The number of nitrogens with one attached hydrogen (secondary N) is 1. The van der Waals surface area contributed by atoms with Crippen molar-refractivity contribution >= 4 is 11.6 Å². The van der Waals surface area contributed by atoms with Gasteiger partial charge in [0, 0.05) is 11.1 Å². The topological polar surface area (TPSA) is 77.2 Å². The van der Waals surface area contributed by atoms with E-state index in [1.165, 1.54) is 0 Å². The summed E-state index contributed by atoms with van der Waals surface area (Å²) in [5.41, 5.74) is 3.76. The highest BCUT2D eigenvalue weighted by atomic mass is 16.5. The van der Waals surface area contributed by atoms with Gasteiger partial charge in [-0.3, -0.25) is 4.79 Å². The highest BCUT2D eigenvalue weighted by Gasteiger charge is 2.16. The number of anilines is 1. The van der Waals surface area contributed by atoms with Crippen molar-refractivity contribution in [2.24, 2.45) is 0 Å². The second-order valence-electron chi connectivity index (χ2n) is 6.75. The molecule has 4 aromatic rings. The van der Waals surface area contributed by atoms with E-state index in [1.54, 1.807) is 24.3 Å². The highest BCUT2D eigenvalue weighted by molar-refractivity contribution is 6.06. The van der Waals surface area contributed by atoms with Crippen molar-refractivity contribution in [3.63, 3.8) is 0 Å². The number of hydrogen-bond donors (Lipinski definition) is 1. The van der Waals surface area contributed by atoms with Gasteiger partial charge in [0.25, 0.3) is 11.8 Å². The van der Waals surface area contributed by atoms with Gasteiger partial charge in [0.1, 0.15) is 5.75 Å². The van der Waals surface area contributed by atoms with Crippen LogP contribution >= 0.6 is 0 Å². The molecular formula is C24H21N3O3. The molecule has 0 radical (unpaired) electrons. The molecule has 1 heterocycles. The lowest BCUT2D eigenvalue weighted by Crippen LogP contribution is -2.12. The van der Waals surface area contributed by atoms with Crippen molar-refractivity contribution in [3.05, 3.63) is 83.9 Å². The summed E-state index contributed by atoms with van der Waals surface area (Å²) < 4.78 is 11.0. The van der Waals surface area contributed by atoms with E-state index in [2.05, 4.69) is 15.5 Å². The van der Waals surface area contributed by atoms with Crippen LogP contribution in [0.3, 0.4) is 0 Å². The van der Waals surface area contributed by atoms with E-state index >= 15 is 0 Å². The van der Waals surface area contributed by atoms with Crippen molar-refractivity contribution in [2.75, 3.05) is 11.9 Å². The first-order valence-corrected chi connectivity index (χ1v) is 9.68. The van der Waals surface area contributed by atoms with E-state index in [1.807, 2.05) is 62.4 Å². The predicted molar refractivity (Wildman–Crippen MR) is 115 cm³/mol. The molecule has 6 heteroatoms. The summed E-state index contributed by atoms with van der Waals surface area (Å²) in [4.78, 5) is 17.3. The molecular weight excluding hydrogens is 378 g/mol. The number of amides is 1. The molecule has 1 aromatic heterocycles. The maximum absolute atomic E-state index is 12.8. The van der Waals surface area contributed by atoms with E-state index in [0.29, 0.717) is 40.9 Å². The van der Waals surface area contributed by atoms with Crippen LogP contribution in [0.25, 0.3) is 22.8 Å². The minimum Gasteiger partial charge on any atom is -0.494 e. The standard InChI is InChI=1S/C24H21N3O3/c1-3-29-19-8-6-7-18(15-19)23(28)25-21-10-5-4-9-20(21)24-26-22(27-30-24)17-13-11-16(2)12-14-17/h4-15H,3H2,1-2H3,(H,25,28). The molecule has 1 amide bonds. The Morgan fingerprint density at radius 3 is 2.63 bits per heavy atom. The lowest BCUT2D eigenvalue weighted by Gasteiger charge is -2.09. The van der Waals surface area contributed by atoms with Crippen LogP contribution in [0.1, 0.15) is 22.8 Å². The first kappa shape index (κ1) is 19.4. The smallest absolute Gasteiger partial charge is 0.260 e. The van der Waals surface area contributed by atoms with Gasteiger partial charge in [0.05, 0.1) is 17.9 Å². The fourth-order valence-corrected chi connectivity index (χ4v) is 3.02. The number of carbonyl (C=O) groups excluding carboxylic acids is 1. The molecule has 0 saturated heterocycles. The number of aryl methyl sites for hydroxylation is 1. The summed E-state index contributed by atoms with van der Waals surface area (Å²) in [6, 6.07) is 22.3. The molecule has 4 rings (SSSR count). The minimum absolute atomic E-state index is 0.248. The van der Waals surface area contributed by atoms with Crippen LogP contribution in [0.2, 0.25) is 0 Å². The summed E-state index contributed by atoms with van der Waals surface area (Å²) >= 11 is 0. The Bertz CT molecular complexity index is 1170. The lowest BCUT2D eigenvalue weighted by molar-refractivity contribution is 0.102. The number of carbonyl (C=O) groups is 1. The first-order chi connectivity index (χ1) is 14.6. The number of aromatic nitrogens is 2. The molecule has 0 spiro atoms. The van der Waals surface area contributed by atoms with Crippen molar-refractivity contribution in [1.82, 2.24) is 10.1 Å². The van der Waals surface area contributed by atoms with E-state index in [9.17, 15) is 4.79 Å².